The highest BCUT2D eigenvalue weighted by molar-refractivity contribution is 14.1. The van der Waals surface area contributed by atoms with Crippen LogP contribution in [-0.2, 0) is 0 Å². The molecule has 0 aliphatic heterocycles. The summed E-state index contributed by atoms with van der Waals surface area (Å²) >= 11 is 2.33. The minimum absolute atomic E-state index is 0.623. The Morgan fingerprint density at radius 2 is 2.11 bits per heavy atom. The molecule has 1 heterocycles. The monoisotopic (exact) mass is 353 g/mol. The molecule has 3 rings (SSSR count). The first-order chi connectivity index (χ1) is 8.83. The summed E-state index contributed by atoms with van der Waals surface area (Å²) in [6.45, 7) is 0. The van der Waals surface area contributed by atoms with Gasteiger partial charge in [0.1, 0.15) is 0 Å². The lowest BCUT2D eigenvalue weighted by atomic mass is 10.2. The number of aromatic nitrogens is 2. The van der Waals surface area contributed by atoms with Crippen molar-refractivity contribution in [2.45, 2.75) is 31.7 Å². The van der Waals surface area contributed by atoms with Crippen LogP contribution in [0.1, 0.15) is 31.7 Å². The van der Waals surface area contributed by atoms with Crippen LogP contribution < -0.4 is 5.32 Å². The molecule has 3 nitrogen and oxygen atoms in total. The molecule has 0 radical (unpaired) electrons. The van der Waals surface area contributed by atoms with E-state index < -0.39 is 0 Å². The molecule has 0 amide bonds. The number of imidazole rings is 1. The summed E-state index contributed by atoms with van der Waals surface area (Å²) in [6, 6.07) is 8.99. The van der Waals surface area contributed by atoms with E-state index in [-0.39, 0.29) is 0 Å². The zero-order valence-electron chi connectivity index (χ0n) is 10.1. The van der Waals surface area contributed by atoms with E-state index in [0.717, 1.165) is 11.6 Å². The van der Waals surface area contributed by atoms with Crippen molar-refractivity contribution in [2.24, 2.45) is 0 Å². The van der Waals surface area contributed by atoms with Crippen molar-refractivity contribution in [3.8, 4) is 0 Å². The lowest BCUT2D eigenvalue weighted by Gasteiger charge is -2.15. The van der Waals surface area contributed by atoms with Gasteiger partial charge in [-0.1, -0.05) is 18.9 Å². The van der Waals surface area contributed by atoms with E-state index in [1.165, 1.54) is 29.3 Å². The molecule has 1 aliphatic carbocycles. The summed E-state index contributed by atoms with van der Waals surface area (Å²) in [4.78, 5) is 4.44. The normalized spacial score (nSPS) is 16.1. The van der Waals surface area contributed by atoms with Crippen LogP contribution in [-0.4, -0.2) is 9.55 Å². The van der Waals surface area contributed by atoms with Gasteiger partial charge in [0.15, 0.2) is 0 Å². The highest BCUT2D eigenvalue weighted by Gasteiger charge is 2.19. The lowest BCUT2D eigenvalue weighted by molar-refractivity contribution is 0.525. The molecule has 1 fully saturated rings. The molecule has 1 N–H and O–H groups in total. The van der Waals surface area contributed by atoms with Gasteiger partial charge in [0.2, 0.25) is 5.95 Å². The predicted molar refractivity (Wildman–Crippen MR) is 82.2 cm³/mol. The first kappa shape index (κ1) is 12.0. The van der Waals surface area contributed by atoms with Crippen LogP contribution in [0.3, 0.4) is 0 Å². The SMILES string of the molecule is Ic1cccc(Nc2nccn2C2CCCC2)c1. The topological polar surface area (TPSA) is 29.9 Å². The molecule has 1 aromatic heterocycles. The third-order valence-electron chi connectivity index (χ3n) is 3.47. The van der Waals surface area contributed by atoms with Gasteiger partial charge in [-0.3, -0.25) is 0 Å². The second-order valence-electron chi connectivity index (χ2n) is 4.73. The molecule has 0 spiro atoms. The smallest absolute Gasteiger partial charge is 0.207 e. The first-order valence-corrected chi connectivity index (χ1v) is 7.46. The highest BCUT2D eigenvalue weighted by Crippen LogP contribution is 2.32. The van der Waals surface area contributed by atoms with E-state index in [9.17, 15) is 0 Å². The molecular weight excluding hydrogens is 337 g/mol. The average Bonchev–Trinajstić information content (AvgIpc) is 2.98. The molecule has 2 aromatic rings. The number of nitrogens with one attached hydrogen (secondary N) is 1. The molecule has 0 unspecified atom stereocenters. The Morgan fingerprint density at radius 1 is 1.28 bits per heavy atom. The van der Waals surface area contributed by atoms with Crippen molar-refractivity contribution in [3.63, 3.8) is 0 Å². The Hall–Kier alpha value is -1.04. The van der Waals surface area contributed by atoms with Gasteiger partial charge in [-0.25, -0.2) is 4.98 Å². The van der Waals surface area contributed by atoms with E-state index in [0.29, 0.717) is 6.04 Å². The van der Waals surface area contributed by atoms with Gasteiger partial charge in [-0.05, 0) is 53.6 Å². The summed E-state index contributed by atoms with van der Waals surface area (Å²) in [7, 11) is 0. The molecule has 1 aromatic carbocycles. The van der Waals surface area contributed by atoms with Gasteiger partial charge < -0.3 is 9.88 Å². The largest absolute Gasteiger partial charge is 0.326 e. The molecular formula is C14H16IN3. The van der Waals surface area contributed by atoms with Crippen molar-refractivity contribution >= 4 is 34.2 Å². The maximum atomic E-state index is 4.44. The third kappa shape index (κ3) is 2.53. The zero-order valence-corrected chi connectivity index (χ0v) is 12.3. The number of nitrogens with zero attached hydrogens (tertiary/aromatic N) is 2. The summed E-state index contributed by atoms with van der Waals surface area (Å²) in [6.07, 6.45) is 9.20. The van der Waals surface area contributed by atoms with Crippen molar-refractivity contribution in [2.75, 3.05) is 5.32 Å². The lowest BCUT2D eigenvalue weighted by Crippen LogP contribution is -2.07. The van der Waals surface area contributed by atoms with Crippen molar-refractivity contribution in [3.05, 3.63) is 40.2 Å². The van der Waals surface area contributed by atoms with Crippen LogP contribution >= 0.6 is 22.6 Å². The number of benzene rings is 1. The van der Waals surface area contributed by atoms with E-state index >= 15 is 0 Å². The Morgan fingerprint density at radius 3 is 2.89 bits per heavy atom. The number of hydrogen-bond donors (Lipinski definition) is 1. The van der Waals surface area contributed by atoms with Crippen LogP contribution in [0.5, 0.6) is 0 Å². The number of hydrogen-bond acceptors (Lipinski definition) is 2. The Balaban J connectivity index is 1.82. The summed E-state index contributed by atoms with van der Waals surface area (Å²) in [5, 5.41) is 3.42. The average molecular weight is 353 g/mol. The molecule has 18 heavy (non-hydrogen) atoms. The maximum Gasteiger partial charge on any atom is 0.207 e. The summed E-state index contributed by atoms with van der Waals surface area (Å²) in [5.41, 5.74) is 1.10. The zero-order chi connectivity index (χ0) is 12.4. The summed E-state index contributed by atoms with van der Waals surface area (Å²) in [5.74, 6) is 0.962. The molecule has 1 aliphatic rings. The first-order valence-electron chi connectivity index (χ1n) is 6.38. The van der Waals surface area contributed by atoms with Gasteiger partial charge in [0.05, 0.1) is 0 Å². The van der Waals surface area contributed by atoms with Crippen LogP contribution in [0.4, 0.5) is 11.6 Å². The van der Waals surface area contributed by atoms with Gasteiger partial charge in [0, 0.05) is 27.7 Å². The van der Waals surface area contributed by atoms with Crippen molar-refractivity contribution in [1.29, 1.82) is 0 Å². The fraction of sp³-hybridized carbons (Fsp3) is 0.357. The number of rotatable bonds is 3. The van der Waals surface area contributed by atoms with Crippen LogP contribution in [0.2, 0.25) is 0 Å². The predicted octanol–water partition coefficient (Wildman–Crippen LogP) is 4.35. The van der Waals surface area contributed by atoms with E-state index in [4.69, 9.17) is 0 Å². The minimum Gasteiger partial charge on any atom is -0.326 e. The number of anilines is 2. The molecule has 0 atom stereocenters. The van der Waals surface area contributed by atoms with E-state index in [1.807, 2.05) is 6.20 Å². The molecule has 4 heteroatoms. The molecule has 94 valence electrons. The van der Waals surface area contributed by atoms with Crippen molar-refractivity contribution in [1.82, 2.24) is 9.55 Å². The van der Waals surface area contributed by atoms with Gasteiger partial charge in [0.25, 0.3) is 0 Å². The Kier molecular flexibility index (Phi) is 3.54. The second-order valence-corrected chi connectivity index (χ2v) is 5.98. The summed E-state index contributed by atoms with van der Waals surface area (Å²) < 4.78 is 3.52. The Labute approximate surface area is 121 Å². The van der Waals surface area contributed by atoms with Crippen molar-refractivity contribution < 1.29 is 0 Å². The minimum atomic E-state index is 0.623. The fourth-order valence-electron chi connectivity index (χ4n) is 2.58. The standard InChI is InChI=1S/C14H16IN3/c15-11-4-3-5-12(10-11)17-14-16-8-9-18(14)13-6-1-2-7-13/h3-5,8-10,13H,1-2,6-7H2,(H,16,17). The van der Waals surface area contributed by atoms with Gasteiger partial charge in [-0.15, -0.1) is 0 Å². The van der Waals surface area contributed by atoms with Crippen LogP contribution in [0.25, 0.3) is 0 Å². The van der Waals surface area contributed by atoms with Crippen LogP contribution in [0, 0.1) is 3.57 Å². The molecule has 0 bridgehead atoms. The second kappa shape index (κ2) is 5.30. The Bertz CT molecular complexity index is 529. The van der Waals surface area contributed by atoms with Crippen LogP contribution in [0.15, 0.2) is 36.7 Å². The van der Waals surface area contributed by atoms with Gasteiger partial charge in [-0.2, -0.15) is 0 Å². The van der Waals surface area contributed by atoms with Gasteiger partial charge >= 0.3 is 0 Å². The third-order valence-corrected chi connectivity index (χ3v) is 4.14. The highest BCUT2D eigenvalue weighted by atomic mass is 127. The quantitative estimate of drug-likeness (QED) is 0.832. The maximum absolute atomic E-state index is 4.44. The fourth-order valence-corrected chi connectivity index (χ4v) is 3.13. The van der Waals surface area contributed by atoms with E-state index in [1.54, 1.807) is 0 Å². The molecule has 1 saturated carbocycles. The molecule has 0 saturated heterocycles. The van der Waals surface area contributed by atoms with E-state index in [2.05, 4.69) is 67.9 Å². The number of halogens is 1.